The molecule has 6 heteroatoms. The highest BCUT2D eigenvalue weighted by atomic mass is 32.2. The topological polar surface area (TPSA) is 57.6 Å². The van der Waals surface area contributed by atoms with Gasteiger partial charge in [-0.15, -0.1) is 0 Å². The van der Waals surface area contributed by atoms with Gasteiger partial charge in [-0.2, -0.15) is 16.1 Å². The predicted octanol–water partition coefficient (Wildman–Crippen LogP) is 0.916. The molecule has 0 radical (unpaired) electrons. The van der Waals surface area contributed by atoms with Crippen LogP contribution in [0.25, 0.3) is 0 Å². The zero-order valence-electron chi connectivity index (χ0n) is 9.98. The number of hydrogen-bond acceptors (Lipinski definition) is 4. The summed E-state index contributed by atoms with van der Waals surface area (Å²) in [4.78, 5) is 0. The molecule has 0 aromatic heterocycles. The van der Waals surface area contributed by atoms with E-state index in [9.17, 15) is 8.42 Å². The van der Waals surface area contributed by atoms with E-state index in [1.807, 2.05) is 11.8 Å². The van der Waals surface area contributed by atoms with Crippen LogP contribution in [0.5, 0.6) is 0 Å². The average molecular weight is 267 g/mol. The standard InChI is InChI=1S/C10H21NO3S2/c1-10(2)9-11(5-7-15-10)16(13,14)8-4-3-6-12/h12H,3-9H2,1-2H3. The van der Waals surface area contributed by atoms with Crippen molar-refractivity contribution < 1.29 is 13.5 Å². The largest absolute Gasteiger partial charge is 0.396 e. The zero-order chi connectivity index (χ0) is 12.2. The van der Waals surface area contributed by atoms with Crippen LogP contribution in [0.4, 0.5) is 0 Å². The van der Waals surface area contributed by atoms with Gasteiger partial charge in [0.1, 0.15) is 0 Å². The molecule has 0 aliphatic carbocycles. The van der Waals surface area contributed by atoms with Gasteiger partial charge in [0.2, 0.25) is 10.0 Å². The molecule has 1 saturated heterocycles. The number of aliphatic hydroxyl groups excluding tert-OH is 1. The second kappa shape index (κ2) is 5.71. The van der Waals surface area contributed by atoms with Gasteiger partial charge in [0.25, 0.3) is 0 Å². The summed E-state index contributed by atoms with van der Waals surface area (Å²) < 4.78 is 25.6. The smallest absolute Gasteiger partial charge is 0.214 e. The van der Waals surface area contributed by atoms with Crippen molar-refractivity contribution in [1.29, 1.82) is 0 Å². The molecule has 1 N–H and O–H groups in total. The lowest BCUT2D eigenvalue weighted by molar-refractivity contribution is 0.286. The first-order valence-corrected chi connectivity index (χ1v) is 8.19. The Morgan fingerprint density at radius 3 is 2.62 bits per heavy atom. The van der Waals surface area contributed by atoms with Crippen LogP contribution in [0.1, 0.15) is 26.7 Å². The molecule has 0 bridgehead atoms. The van der Waals surface area contributed by atoms with Crippen molar-refractivity contribution in [2.24, 2.45) is 0 Å². The van der Waals surface area contributed by atoms with Crippen LogP contribution in [-0.2, 0) is 10.0 Å². The minimum Gasteiger partial charge on any atom is -0.396 e. The van der Waals surface area contributed by atoms with Crippen molar-refractivity contribution in [3.8, 4) is 0 Å². The molecule has 0 unspecified atom stereocenters. The third kappa shape index (κ3) is 4.24. The van der Waals surface area contributed by atoms with Crippen LogP contribution in [-0.4, -0.2) is 53.8 Å². The third-order valence-electron chi connectivity index (χ3n) is 2.59. The maximum absolute atomic E-state index is 12.0. The molecule has 0 aromatic carbocycles. The molecule has 1 heterocycles. The fourth-order valence-electron chi connectivity index (χ4n) is 1.74. The summed E-state index contributed by atoms with van der Waals surface area (Å²) in [5.74, 6) is 1.03. The Kier molecular flexibility index (Phi) is 5.10. The quantitative estimate of drug-likeness (QED) is 0.753. The minimum absolute atomic E-state index is 0.0162. The second-order valence-corrected chi connectivity index (χ2v) is 8.58. The number of thioether (sulfide) groups is 1. The van der Waals surface area contributed by atoms with Crippen molar-refractivity contribution in [1.82, 2.24) is 4.31 Å². The number of sulfonamides is 1. The van der Waals surface area contributed by atoms with Crippen LogP contribution >= 0.6 is 11.8 Å². The molecule has 1 fully saturated rings. The predicted molar refractivity (Wildman–Crippen MR) is 68.2 cm³/mol. The first-order chi connectivity index (χ1) is 7.37. The van der Waals surface area contributed by atoms with Gasteiger partial charge in [0.05, 0.1) is 5.75 Å². The van der Waals surface area contributed by atoms with E-state index in [0.717, 1.165) is 5.75 Å². The monoisotopic (exact) mass is 267 g/mol. The average Bonchev–Trinajstić information content (AvgIpc) is 2.16. The Labute approximate surface area is 102 Å². The molecule has 0 spiro atoms. The lowest BCUT2D eigenvalue weighted by Gasteiger charge is -2.36. The SMILES string of the molecule is CC1(C)CN(S(=O)(=O)CCCCO)CCS1. The van der Waals surface area contributed by atoms with Crippen LogP contribution in [0.15, 0.2) is 0 Å². The lowest BCUT2D eigenvalue weighted by atomic mass is 10.2. The molecule has 0 saturated carbocycles. The second-order valence-electron chi connectivity index (χ2n) is 4.69. The summed E-state index contributed by atoms with van der Waals surface area (Å²) in [6.07, 6.45) is 1.11. The Hall–Kier alpha value is 0.220. The number of aliphatic hydroxyl groups is 1. The van der Waals surface area contributed by atoms with Gasteiger partial charge < -0.3 is 5.11 Å². The molecule has 1 aliphatic rings. The van der Waals surface area contributed by atoms with Crippen molar-refractivity contribution >= 4 is 21.8 Å². The summed E-state index contributed by atoms with van der Waals surface area (Å²) in [7, 11) is -3.12. The molecule has 0 aromatic rings. The van der Waals surface area contributed by atoms with E-state index >= 15 is 0 Å². The Morgan fingerprint density at radius 1 is 1.38 bits per heavy atom. The van der Waals surface area contributed by atoms with Gasteiger partial charge in [-0.3, -0.25) is 0 Å². The van der Waals surface area contributed by atoms with Gasteiger partial charge in [-0.1, -0.05) is 0 Å². The number of unbranched alkanes of at least 4 members (excludes halogenated alkanes) is 1. The highest BCUT2D eigenvalue weighted by Crippen LogP contribution is 2.30. The molecule has 1 aliphatic heterocycles. The molecule has 16 heavy (non-hydrogen) atoms. The maximum Gasteiger partial charge on any atom is 0.214 e. The summed E-state index contributed by atoms with van der Waals surface area (Å²) in [6.45, 7) is 5.44. The first-order valence-electron chi connectivity index (χ1n) is 5.60. The first kappa shape index (κ1) is 14.3. The minimum atomic E-state index is -3.12. The molecular weight excluding hydrogens is 246 g/mol. The van der Waals surface area contributed by atoms with Crippen LogP contribution < -0.4 is 0 Å². The summed E-state index contributed by atoms with van der Waals surface area (Å²) in [5, 5.41) is 8.64. The third-order valence-corrected chi connectivity index (χ3v) is 5.79. The molecular formula is C10H21NO3S2. The van der Waals surface area contributed by atoms with E-state index in [2.05, 4.69) is 13.8 Å². The van der Waals surface area contributed by atoms with Crippen LogP contribution in [0.2, 0.25) is 0 Å². The molecule has 0 atom stereocenters. The fraction of sp³-hybridized carbons (Fsp3) is 1.00. The van der Waals surface area contributed by atoms with Crippen molar-refractivity contribution in [2.75, 3.05) is 31.2 Å². The van der Waals surface area contributed by atoms with Gasteiger partial charge in [-0.05, 0) is 26.7 Å². The highest BCUT2D eigenvalue weighted by molar-refractivity contribution is 8.00. The van der Waals surface area contributed by atoms with Crippen molar-refractivity contribution in [2.45, 2.75) is 31.4 Å². The van der Waals surface area contributed by atoms with E-state index < -0.39 is 10.0 Å². The van der Waals surface area contributed by atoms with Gasteiger partial charge in [0, 0.05) is 30.2 Å². The Balaban J connectivity index is 2.54. The normalized spacial score (nSPS) is 22.2. The van der Waals surface area contributed by atoms with Crippen LogP contribution in [0, 0.1) is 0 Å². The Morgan fingerprint density at radius 2 is 2.06 bits per heavy atom. The molecule has 4 nitrogen and oxygen atoms in total. The highest BCUT2D eigenvalue weighted by Gasteiger charge is 2.33. The maximum atomic E-state index is 12.0. The zero-order valence-corrected chi connectivity index (χ0v) is 11.6. The molecule has 1 rings (SSSR count). The summed E-state index contributed by atoms with van der Waals surface area (Å²) >= 11 is 1.82. The van der Waals surface area contributed by atoms with E-state index in [-0.39, 0.29) is 17.1 Å². The lowest BCUT2D eigenvalue weighted by Crippen LogP contribution is -2.46. The van der Waals surface area contributed by atoms with E-state index in [1.54, 1.807) is 4.31 Å². The van der Waals surface area contributed by atoms with E-state index in [0.29, 0.717) is 25.9 Å². The van der Waals surface area contributed by atoms with Crippen LogP contribution in [0.3, 0.4) is 0 Å². The summed E-state index contributed by atoms with van der Waals surface area (Å²) in [5.41, 5.74) is 0. The van der Waals surface area contributed by atoms with Crippen molar-refractivity contribution in [3.63, 3.8) is 0 Å². The molecule has 96 valence electrons. The number of rotatable bonds is 5. The van der Waals surface area contributed by atoms with Gasteiger partial charge in [0.15, 0.2) is 0 Å². The number of hydrogen-bond donors (Lipinski definition) is 1. The van der Waals surface area contributed by atoms with E-state index in [1.165, 1.54) is 0 Å². The molecule has 0 amide bonds. The summed E-state index contributed by atoms with van der Waals surface area (Å²) in [6, 6.07) is 0. The van der Waals surface area contributed by atoms with Gasteiger partial charge >= 0.3 is 0 Å². The van der Waals surface area contributed by atoms with Gasteiger partial charge in [-0.25, -0.2) is 8.42 Å². The fourth-order valence-corrected chi connectivity index (χ4v) is 4.76. The number of nitrogens with zero attached hydrogens (tertiary/aromatic N) is 1. The van der Waals surface area contributed by atoms with E-state index in [4.69, 9.17) is 5.11 Å². The van der Waals surface area contributed by atoms with Crippen molar-refractivity contribution in [3.05, 3.63) is 0 Å². The Bertz CT molecular complexity index is 314.